The third-order valence-corrected chi connectivity index (χ3v) is 5.25. The highest BCUT2D eigenvalue weighted by molar-refractivity contribution is 7.99. The molecule has 6 nitrogen and oxygen atoms in total. The van der Waals surface area contributed by atoms with Crippen LogP contribution in [-0.4, -0.2) is 40.0 Å². The summed E-state index contributed by atoms with van der Waals surface area (Å²) in [5.74, 6) is 0. The molecule has 27 heavy (non-hydrogen) atoms. The molecule has 0 fully saturated rings. The van der Waals surface area contributed by atoms with E-state index in [1.165, 1.54) is 4.90 Å². The molecule has 0 saturated carbocycles. The molecule has 2 N–H and O–H groups in total. The summed E-state index contributed by atoms with van der Waals surface area (Å²) in [5.41, 5.74) is 8.20. The van der Waals surface area contributed by atoms with Crippen LogP contribution in [-0.2, 0) is 17.7 Å². The van der Waals surface area contributed by atoms with Gasteiger partial charge in [0.1, 0.15) is 5.60 Å². The Labute approximate surface area is 166 Å². The number of likely N-dealkylation sites (N-methyl/N-ethyl adjacent to an activating group) is 1. The van der Waals surface area contributed by atoms with E-state index in [0.29, 0.717) is 13.1 Å². The van der Waals surface area contributed by atoms with Gasteiger partial charge in [0.2, 0.25) is 0 Å². The van der Waals surface area contributed by atoms with Gasteiger partial charge >= 0.3 is 6.09 Å². The molecule has 0 bridgehead atoms. The monoisotopic (exact) mass is 390 g/mol. The van der Waals surface area contributed by atoms with E-state index in [1.54, 1.807) is 23.7 Å². The maximum Gasteiger partial charge on any atom is 0.410 e. The number of nitrogen functional groups attached to an aromatic ring is 1. The minimum absolute atomic E-state index is 0.320. The molecule has 148 valence electrons. The van der Waals surface area contributed by atoms with E-state index in [1.807, 2.05) is 49.7 Å². The molecule has 1 aromatic carbocycles. The molecule has 7 heteroatoms. The quantitative estimate of drug-likeness (QED) is 0.742. The normalized spacial score (nSPS) is 11.5. The summed E-state index contributed by atoms with van der Waals surface area (Å²) in [7, 11) is 1.75. The Morgan fingerprint density at radius 2 is 1.93 bits per heavy atom. The summed E-state index contributed by atoms with van der Waals surface area (Å²) in [6.45, 7) is 10.9. The SMILES string of the molecule is CCc1nn(CCN(C)C(=O)OC(C)(C)C)c(C)c1Sc1ccc(N)cc1. The van der Waals surface area contributed by atoms with Crippen molar-refractivity contribution in [3.63, 3.8) is 0 Å². The van der Waals surface area contributed by atoms with Crippen molar-refractivity contribution in [2.24, 2.45) is 0 Å². The van der Waals surface area contributed by atoms with Crippen molar-refractivity contribution in [3.05, 3.63) is 35.7 Å². The predicted octanol–water partition coefficient (Wildman–Crippen LogP) is 4.35. The standard InChI is InChI=1S/C20H30N4O2S/c1-7-17-18(27-16-10-8-15(21)9-11-16)14(2)24(22-17)13-12-23(6)19(25)26-20(3,4)5/h8-11H,7,12-13,21H2,1-6H3. The number of benzene rings is 1. The smallest absolute Gasteiger partial charge is 0.410 e. The molecule has 1 aromatic heterocycles. The molecular formula is C20H30N4O2S. The Hall–Kier alpha value is -2.15. The molecule has 2 rings (SSSR count). The van der Waals surface area contributed by atoms with E-state index in [0.717, 1.165) is 28.4 Å². The van der Waals surface area contributed by atoms with Gasteiger partial charge in [-0.3, -0.25) is 4.68 Å². The van der Waals surface area contributed by atoms with Crippen LogP contribution in [0.3, 0.4) is 0 Å². The van der Waals surface area contributed by atoms with Crippen molar-refractivity contribution < 1.29 is 9.53 Å². The lowest BCUT2D eigenvalue weighted by molar-refractivity contribution is 0.0292. The van der Waals surface area contributed by atoms with Gasteiger partial charge in [0.25, 0.3) is 0 Å². The summed E-state index contributed by atoms with van der Waals surface area (Å²) in [5, 5.41) is 4.74. The molecule has 0 atom stereocenters. The highest BCUT2D eigenvalue weighted by atomic mass is 32.2. The van der Waals surface area contributed by atoms with Crippen LogP contribution in [0.5, 0.6) is 0 Å². The van der Waals surface area contributed by atoms with Gasteiger partial charge in [-0.15, -0.1) is 0 Å². The second-order valence-corrected chi connectivity index (χ2v) is 8.59. The van der Waals surface area contributed by atoms with E-state index in [9.17, 15) is 4.79 Å². The van der Waals surface area contributed by atoms with Crippen LogP contribution in [0.15, 0.2) is 34.1 Å². The zero-order valence-electron chi connectivity index (χ0n) is 17.1. The van der Waals surface area contributed by atoms with Gasteiger partial charge in [-0.2, -0.15) is 5.10 Å². The molecule has 0 spiro atoms. The number of carbonyl (C=O) groups excluding carboxylic acids is 1. The molecule has 0 unspecified atom stereocenters. The van der Waals surface area contributed by atoms with Crippen LogP contribution < -0.4 is 5.73 Å². The molecule has 0 radical (unpaired) electrons. The number of hydrogen-bond acceptors (Lipinski definition) is 5. The minimum atomic E-state index is -0.495. The molecule has 0 aliphatic carbocycles. The maximum absolute atomic E-state index is 12.1. The first-order chi connectivity index (χ1) is 12.6. The van der Waals surface area contributed by atoms with Gasteiger partial charge in [-0.1, -0.05) is 18.7 Å². The highest BCUT2D eigenvalue weighted by Crippen LogP contribution is 2.33. The number of nitrogens with two attached hydrogens (primary N) is 1. The number of nitrogens with zero attached hydrogens (tertiary/aromatic N) is 3. The lowest BCUT2D eigenvalue weighted by Crippen LogP contribution is -2.36. The summed E-state index contributed by atoms with van der Waals surface area (Å²) < 4.78 is 7.37. The largest absolute Gasteiger partial charge is 0.444 e. The summed E-state index contributed by atoms with van der Waals surface area (Å²) in [6.07, 6.45) is 0.534. The van der Waals surface area contributed by atoms with Gasteiger partial charge < -0.3 is 15.4 Å². The second-order valence-electron chi connectivity index (χ2n) is 7.51. The third kappa shape index (κ3) is 5.92. The van der Waals surface area contributed by atoms with Gasteiger partial charge in [0.15, 0.2) is 0 Å². The van der Waals surface area contributed by atoms with Crippen molar-refractivity contribution in [3.8, 4) is 0 Å². The van der Waals surface area contributed by atoms with Crippen LogP contribution >= 0.6 is 11.8 Å². The number of carbonyl (C=O) groups is 1. The van der Waals surface area contributed by atoms with Crippen LogP contribution in [0.4, 0.5) is 10.5 Å². The predicted molar refractivity (Wildman–Crippen MR) is 110 cm³/mol. The van der Waals surface area contributed by atoms with Gasteiger partial charge in [0, 0.05) is 29.9 Å². The van der Waals surface area contributed by atoms with Gasteiger partial charge in [-0.25, -0.2) is 4.79 Å². The average Bonchev–Trinajstić information content (AvgIpc) is 2.88. The number of amides is 1. The molecule has 0 aliphatic heterocycles. The van der Waals surface area contributed by atoms with Crippen LogP contribution in [0.2, 0.25) is 0 Å². The number of ether oxygens (including phenoxy) is 1. The Kier molecular flexibility index (Phi) is 6.81. The average molecular weight is 391 g/mol. The molecule has 0 saturated heterocycles. The Morgan fingerprint density at radius 3 is 2.48 bits per heavy atom. The van der Waals surface area contributed by atoms with Gasteiger partial charge in [-0.05, 0) is 58.4 Å². The van der Waals surface area contributed by atoms with E-state index < -0.39 is 5.60 Å². The lowest BCUT2D eigenvalue weighted by atomic mass is 10.2. The zero-order valence-corrected chi connectivity index (χ0v) is 17.9. The zero-order chi connectivity index (χ0) is 20.2. The molecular weight excluding hydrogens is 360 g/mol. The summed E-state index contributed by atoms with van der Waals surface area (Å²) >= 11 is 1.70. The highest BCUT2D eigenvalue weighted by Gasteiger charge is 2.20. The maximum atomic E-state index is 12.1. The van der Waals surface area contributed by atoms with Crippen LogP contribution in [0, 0.1) is 6.92 Å². The Balaban J connectivity index is 2.09. The van der Waals surface area contributed by atoms with E-state index >= 15 is 0 Å². The van der Waals surface area contributed by atoms with Gasteiger partial charge in [0.05, 0.1) is 17.1 Å². The number of aryl methyl sites for hydroxylation is 1. The Morgan fingerprint density at radius 1 is 1.30 bits per heavy atom. The summed E-state index contributed by atoms with van der Waals surface area (Å²) in [4.78, 5) is 16.0. The fourth-order valence-electron chi connectivity index (χ4n) is 2.50. The minimum Gasteiger partial charge on any atom is -0.444 e. The lowest BCUT2D eigenvalue weighted by Gasteiger charge is -2.24. The van der Waals surface area contributed by atoms with E-state index in [2.05, 4.69) is 13.8 Å². The molecule has 0 aliphatic rings. The van der Waals surface area contributed by atoms with Crippen molar-refractivity contribution >= 4 is 23.5 Å². The number of hydrogen-bond donors (Lipinski definition) is 1. The molecule has 1 heterocycles. The fraction of sp³-hybridized carbons (Fsp3) is 0.500. The van der Waals surface area contributed by atoms with Crippen molar-refractivity contribution in [2.75, 3.05) is 19.3 Å². The fourth-order valence-corrected chi connectivity index (χ4v) is 3.57. The summed E-state index contributed by atoms with van der Waals surface area (Å²) in [6, 6.07) is 7.85. The molecule has 1 amide bonds. The second kappa shape index (κ2) is 8.69. The first-order valence-electron chi connectivity index (χ1n) is 9.14. The number of aromatic nitrogens is 2. The number of anilines is 1. The first kappa shape index (κ1) is 21.2. The van der Waals surface area contributed by atoms with Crippen molar-refractivity contribution in [1.82, 2.24) is 14.7 Å². The van der Waals surface area contributed by atoms with E-state index in [4.69, 9.17) is 15.6 Å². The number of rotatable bonds is 6. The van der Waals surface area contributed by atoms with Crippen molar-refractivity contribution in [1.29, 1.82) is 0 Å². The third-order valence-electron chi connectivity index (χ3n) is 4.01. The van der Waals surface area contributed by atoms with Crippen LogP contribution in [0.25, 0.3) is 0 Å². The first-order valence-corrected chi connectivity index (χ1v) is 9.96. The van der Waals surface area contributed by atoms with Crippen molar-refractivity contribution in [2.45, 2.75) is 63.0 Å². The topological polar surface area (TPSA) is 73.4 Å². The molecule has 2 aromatic rings. The van der Waals surface area contributed by atoms with E-state index in [-0.39, 0.29) is 6.09 Å². The Bertz CT molecular complexity index is 779. The van der Waals surface area contributed by atoms with Crippen LogP contribution in [0.1, 0.15) is 39.1 Å².